The predicted octanol–water partition coefficient (Wildman–Crippen LogP) is 5.74. The Morgan fingerprint density at radius 1 is 0.900 bits per heavy atom. The van der Waals surface area contributed by atoms with Crippen molar-refractivity contribution in [2.45, 2.75) is 11.8 Å². The molecule has 0 aliphatic heterocycles. The van der Waals surface area contributed by atoms with E-state index in [1.807, 2.05) is 36.4 Å². The molecule has 5 aromatic rings. The number of aryl methyl sites for hydroxylation is 1. The lowest BCUT2D eigenvalue weighted by atomic mass is 10.0. The molecule has 0 aliphatic carbocycles. The van der Waals surface area contributed by atoms with E-state index in [0.29, 0.717) is 5.02 Å². The Bertz CT molecular complexity index is 1530. The van der Waals surface area contributed by atoms with Gasteiger partial charge in [0.2, 0.25) is 0 Å². The highest BCUT2D eigenvalue weighted by Gasteiger charge is 2.19. The van der Waals surface area contributed by atoms with Crippen LogP contribution in [0.4, 0.5) is 0 Å². The molecule has 0 saturated carbocycles. The molecule has 0 fully saturated rings. The first kappa shape index (κ1) is 18.9. The van der Waals surface area contributed by atoms with Gasteiger partial charge in [-0.2, -0.15) is 0 Å². The van der Waals surface area contributed by atoms with Crippen molar-refractivity contribution in [1.82, 2.24) is 15.0 Å². The molecule has 150 valence electrons. The summed E-state index contributed by atoms with van der Waals surface area (Å²) in [6, 6.07) is 18.7. The molecule has 5 nitrogen and oxygen atoms in total. The van der Waals surface area contributed by atoms with E-state index in [2.05, 4.69) is 29.0 Å². The predicted molar refractivity (Wildman–Crippen MR) is 122 cm³/mol. The number of sulfone groups is 1. The summed E-state index contributed by atoms with van der Waals surface area (Å²) in [4.78, 5) is 11.9. The quantitative estimate of drug-likeness (QED) is 0.379. The van der Waals surface area contributed by atoms with Crippen molar-refractivity contribution in [1.29, 1.82) is 0 Å². The van der Waals surface area contributed by atoms with Gasteiger partial charge in [-0.15, -0.1) is 0 Å². The molecule has 0 unspecified atom stereocenters. The summed E-state index contributed by atoms with van der Waals surface area (Å²) in [5.74, 6) is 0.728. The summed E-state index contributed by atoms with van der Waals surface area (Å²) in [5, 5.41) is 1.69. The molecular weight excluding hydrogens is 418 g/mol. The van der Waals surface area contributed by atoms with Gasteiger partial charge in [0.15, 0.2) is 9.84 Å². The number of hydrogen-bond acceptors (Lipinski definition) is 3. The molecular formula is C23H18ClN3O2S. The summed E-state index contributed by atoms with van der Waals surface area (Å²) in [6.45, 7) is 2.05. The first-order valence-electron chi connectivity index (χ1n) is 9.38. The molecule has 2 heterocycles. The monoisotopic (exact) mass is 435 g/mol. The number of halogens is 1. The topological polar surface area (TPSA) is 78.6 Å². The van der Waals surface area contributed by atoms with Crippen LogP contribution in [0.15, 0.2) is 65.6 Å². The third-order valence-electron chi connectivity index (χ3n) is 5.21. The van der Waals surface area contributed by atoms with Crippen LogP contribution in [-0.2, 0) is 9.84 Å². The highest BCUT2D eigenvalue weighted by Crippen LogP contribution is 2.38. The number of nitrogens with one attached hydrogen (secondary N) is 2. The highest BCUT2D eigenvalue weighted by molar-refractivity contribution is 7.90. The fraction of sp³-hybridized carbons (Fsp3) is 0.0870. The number of aromatic nitrogens is 3. The van der Waals surface area contributed by atoms with Gasteiger partial charge in [0.1, 0.15) is 5.82 Å². The summed E-state index contributed by atoms with van der Waals surface area (Å²) in [5.41, 5.74) is 6.50. The van der Waals surface area contributed by atoms with Crippen LogP contribution in [0.3, 0.4) is 0 Å². The van der Waals surface area contributed by atoms with Gasteiger partial charge in [-0.25, -0.2) is 13.4 Å². The van der Waals surface area contributed by atoms with Gasteiger partial charge in [-0.3, -0.25) is 0 Å². The van der Waals surface area contributed by atoms with Gasteiger partial charge in [0, 0.05) is 22.2 Å². The number of aromatic amines is 2. The standard InChI is InChI=1S/C23H18ClN3O2S/c1-13-3-9-18-17(11-13)21(23-26-19-10-6-15(24)12-20(19)27-23)22(25-18)14-4-7-16(8-5-14)30(2,28)29/h3-12,25H,1-2H3,(H,26,27). The molecule has 0 amide bonds. The molecule has 2 N–H and O–H groups in total. The van der Waals surface area contributed by atoms with Crippen molar-refractivity contribution in [3.63, 3.8) is 0 Å². The van der Waals surface area contributed by atoms with Crippen LogP contribution in [0, 0.1) is 6.92 Å². The van der Waals surface area contributed by atoms with Gasteiger partial charge in [-0.1, -0.05) is 35.4 Å². The lowest BCUT2D eigenvalue weighted by Gasteiger charge is -2.05. The Morgan fingerprint density at radius 2 is 1.67 bits per heavy atom. The Kier molecular flexibility index (Phi) is 4.24. The minimum Gasteiger partial charge on any atom is -0.354 e. The molecule has 5 rings (SSSR count). The molecule has 0 bridgehead atoms. The zero-order chi connectivity index (χ0) is 21.0. The second-order valence-electron chi connectivity index (χ2n) is 7.47. The normalized spacial score (nSPS) is 12.1. The van der Waals surface area contributed by atoms with Crippen molar-refractivity contribution in [2.75, 3.05) is 6.26 Å². The number of rotatable bonds is 3. The molecule has 0 aliphatic rings. The molecule has 0 radical (unpaired) electrons. The number of nitrogens with zero attached hydrogens (tertiary/aromatic N) is 1. The minimum absolute atomic E-state index is 0.290. The first-order chi connectivity index (χ1) is 14.3. The number of H-pyrrole nitrogens is 2. The van der Waals surface area contributed by atoms with Crippen LogP contribution in [0.25, 0.3) is 44.6 Å². The Hall–Kier alpha value is -3.09. The average Bonchev–Trinajstić information content (AvgIpc) is 3.27. The maximum Gasteiger partial charge on any atom is 0.175 e. The highest BCUT2D eigenvalue weighted by atomic mass is 35.5. The van der Waals surface area contributed by atoms with E-state index in [-0.39, 0.29) is 4.90 Å². The Labute approximate surface area is 178 Å². The maximum absolute atomic E-state index is 11.8. The summed E-state index contributed by atoms with van der Waals surface area (Å²) < 4.78 is 23.7. The molecule has 0 saturated heterocycles. The molecule has 0 atom stereocenters. The van der Waals surface area contributed by atoms with Crippen molar-refractivity contribution in [3.05, 3.63) is 71.2 Å². The smallest absolute Gasteiger partial charge is 0.175 e. The van der Waals surface area contributed by atoms with Gasteiger partial charge < -0.3 is 9.97 Å². The third-order valence-corrected chi connectivity index (χ3v) is 6.57. The van der Waals surface area contributed by atoms with Crippen LogP contribution in [0.5, 0.6) is 0 Å². The molecule has 0 spiro atoms. The van der Waals surface area contributed by atoms with E-state index in [1.54, 1.807) is 12.1 Å². The van der Waals surface area contributed by atoms with E-state index in [1.165, 1.54) is 6.26 Å². The van der Waals surface area contributed by atoms with Crippen LogP contribution in [-0.4, -0.2) is 29.6 Å². The molecule has 30 heavy (non-hydrogen) atoms. The van der Waals surface area contributed by atoms with Gasteiger partial charge in [-0.05, 0) is 55.0 Å². The van der Waals surface area contributed by atoms with Crippen LogP contribution in [0.1, 0.15) is 5.56 Å². The van der Waals surface area contributed by atoms with Crippen molar-refractivity contribution >= 4 is 43.4 Å². The van der Waals surface area contributed by atoms with Crippen molar-refractivity contribution in [2.24, 2.45) is 0 Å². The van der Waals surface area contributed by atoms with E-state index in [9.17, 15) is 8.42 Å². The lowest BCUT2D eigenvalue weighted by molar-refractivity contribution is 0.602. The van der Waals surface area contributed by atoms with Crippen molar-refractivity contribution < 1.29 is 8.42 Å². The van der Waals surface area contributed by atoms with Crippen molar-refractivity contribution in [3.8, 4) is 22.6 Å². The molecule has 2 aromatic heterocycles. The largest absolute Gasteiger partial charge is 0.354 e. The SMILES string of the molecule is Cc1ccc2[nH]c(-c3ccc(S(C)(=O)=O)cc3)c(-c3nc4ccc(Cl)cc4[nH]3)c2c1. The second-order valence-corrected chi connectivity index (χ2v) is 9.92. The third kappa shape index (κ3) is 3.18. The van der Waals surface area contributed by atoms with Gasteiger partial charge in [0.25, 0.3) is 0 Å². The molecule has 3 aromatic carbocycles. The number of fused-ring (bicyclic) bond motifs is 2. The summed E-state index contributed by atoms with van der Waals surface area (Å²) >= 11 is 6.14. The summed E-state index contributed by atoms with van der Waals surface area (Å²) in [7, 11) is -3.26. The second kappa shape index (κ2) is 6.72. The maximum atomic E-state index is 11.8. The fourth-order valence-corrected chi connectivity index (χ4v) is 4.54. The zero-order valence-corrected chi connectivity index (χ0v) is 17.9. The number of benzene rings is 3. The average molecular weight is 436 g/mol. The minimum atomic E-state index is -3.26. The molecule has 7 heteroatoms. The van der Waals surface area contributed by atoms with Gasteiger partial charge >= 0.3 is 0 Å². The van der Waals surface area contributed by atoms with E-state index in [0.717, 1.165) is 50.1 Å². The van der Waals surface area contributed by atoms with Crippen LogP contribution >= 0.6 is 11.6 Å². The van der Waals surface area contributed by atoms with E-state index in [4.69, 9.17) is 16.6 Å². The van der Waals surface area contributed by atoms with E-state index < -0.39 is 9.84 Å². The Balaban J connectivity index is 1.78. The first-order valence-corrected chi connectivity index (χ1v) is 11.6. The fourth-order valence-electron chi connectivity index (χ4n) is 3.74. The van der Waals surface area contributed by atoms with E-state index >= 15 is 0 Å². The lowest BCUT2D eigenvalue weighted by Crippen LogP contribution is -1.96. The van der Waals surface area contributed by atoms with Crippen LogP contribution in [0.2, 0.25) is 5.02 Å². The van der Waals surface area contributed by atoms with Crippen LogP contribution < -0.4 is 0 Å². The number of hydrogen-bond donors (Lipinski definition) is 2. The Morgan fingerprint density at radius 3 is 2.40 bits per heavy atom. The number of imidazole rings is 1. The zero-order valence-electron chi connectivity index (χ0n) is 16.3. The summed E-state index contributed by atoms with van der Waals surface area (Å²) in [6.07, 6.45) is 1.21. The van der Waals surface area contributed by atoms with Gasteiger partial charge in [0.05, 0.1) is 27.2 Å².